The second-order valence-electron chi connectivity index (χ2n) is 6.48. The van der Waals surface area contributed by atoms with Crippen molar-refractivity contribution in [1.29, 1.82) is 0 Å². The van der Waals surface area contributed by atoms with Gasteiger partial charge in [0, 0.05) is 29.8 Å². The second-order valence-corrected chi connectivity index (χ2v) is 6.48. The van der Waals surface area contributed by atoms with Crippen molar-refractivity contribution in [2.24, 2.45) is 5.92 Å². The standard InChI is InChI=1S/C20H19FN2O/c1-12(24)22-13-9-10-19-17(11-13)14-6-4-7-15(14)20(23-19)16-5-2-3-8-18(16)21/h2-6,8-11,14-15,20,23H,7H2,1H3,(H,22,24)/t14-,15+,20+/m1/s1. The molecule has 0 bridgehead atoms. The molecule has 0 spiro atoms. The van der Waals surface area contributed by atoms with Gasteiger partial charge in [0.2, 0.25) is 5.91 Å². The van der Waals surface area contributed by atoms with Crippen LogP contribution in [0.25, 0.3) is 0 Å². The van der Waals surface area contributed by atoms with Crippen molar-refractivity contribution in [3.05, 3.63) is 71.6 Å². The van der Waals surface area contributed by atoms with Gasteiger partial charge in [-0.15, -0.1) is 0 Å². The van der Waals surface area contributed by atoms with Crippen molar-refractivity contribution in [2.45, 2.75) is 25.3 Å². The van der Waals surface area contributed by atoms with Gasteiger partial charge < -0.3 is 10.6 Å². The highest BCUT2D eigenvalue weighted by atomic mass is 19.1. The number of nitrogens with one attached hydrogen (secondary N) is 2. The monoisotopic (exact) mass is 322 g/mol. The first kappa shape index (κ1) is 14.9. The van der Waals surface area contributed by atoms with E-state index in [2.05, 4.69) is 22.8 Å². The summed E-state index contributed by atoms with van der Waals surface area (Å²) in [6.45, 7) is 1.50. The largest absolute Gasteiger partial charge is 0.378 e. The molecule has 1 aliphatic carbocycles. The predicted octanol–water partition coefficient (Wildman–Crippen LogP) is 4.61. The lowest BCUT2D eigenvalue weighted by Gasteiger charge is -2.37. The van der Waals surface area contributed by atoms with E-state index in [1.165, 1.54) is 13.0 Å². The lowest BCUT2D eigenvalue weighted by atomic mass is 9.77. The Kier molecular flexibility index (Phi) is 3.60. The molecule has 24 heavy (non-hydrogen) atoms. The number of rotatable bonds is 2. The first-order valence-electron chi connectivity index (χ1n) is 8.22. The van der Waals surface area contributed by atoms with E-state index in [1.54, 1.807) is 6.07 Å². The summed E-state index contributed by atoms with van der Waals surface area (Å²) >= 11 is 0. The number of halogens is 1. The fourth-order valence-electron chi connectivity index (χ4n) is 3.91. The zero-order valence-corrected chi connectivity index (χ0v) is 13.4. The molecule has 4 heteroatoms. The molecule has 4 rings (SSSR count). The van der Waals surface area contributed by atoms with E-state index < -0.39 is 0 Å². The number of amides is 1. The van der Waals surface area contributed by atoms with Crippen LogP contribution in [0.5, 0.6) is 0 Å². The molecule has 3 nitrogen and oxygen atoms in total. The summed E-state index contributed by atoms with van der Waals surface area (Å²) in [5.41, 5.74) is 3.68. The summed E-state index contributed by atoms with van der Waals surface area (Å²) in [4.78, 5) is 11.3. The molecule has 1 aliphatic heterocycles. The van der Waals surface area contributed by atoms with E-state index in [4.69, 9.17) is 0 Å². The van der Waals surface area contributed by atoms with E-state index in [0.29, 0.717) is 5.56 Å². The fourth-order valence-corrected chi connectivity index (χ4v) is 3.91. The zero-order valence-electron chi connectivity index (χ0n) is 13.4. The van der Waals surface area contributed by atoms with Crippen LogP contribution in [-0.4, -0.2) is 5.91 Å². The molecule has 1 amide bonds. The van der Waals surface area contributed by atoms with Crippen LogP contribution >= 0.6 is 0 Å². The first-order valence-corrected chi connectivity index (χ1v) is 8.22. The minimum atomic E-state index is -0.168. The molecule has 3 atom stereocenters. The van der Waals surface area contributed by atoms with E-state index in [1.807, 2.05) is 30.3 Å². The van der Waals surface area contributed by atoms with Crippen molar-refractivity contribution in [2.75, 3.05) is 10.6 Å². The molecule has 2 aromatic carbocycles. The molecule has 1 heterocycles. The number of allylic oxidation sites excluding steroid dienone is 2. The summed E-state index contributed by atoms with van der Waals surface area (Å²) < 4.78 is 14.3. The maximum absolute atomic E-state index is 14.3. The minimum Gasteiger partial charge on any atom is -0.378 e. The van der Waals surface area contributed by atoms with Gasteiger partial charge in [0.05, 0.1) is 6.04 Å². The number of carbonyl (C=O) groups is 1. The SMILES string of the molecule is CC(=O)Nc1ccc2c(c1)[C@@H]1C=CC[C@@H]1[C@@H](c1ccccc1F)N2. The summed E-state index contributed by atoms with van der Waals surface area (Å²) in [5, 5.41) is 6.35. The molecule has 2 aromatic rings. The highest BCUT2D eigenvalue weighted by Gasteiger charge is 2.38. The third-order valence-electron chi connectivity index (χ3n) is 4.92. The molecule has 0 radical (unpaired) electrons. The predicted molar refractivity (Wildman–Crippen MR) is 93.5 cm³/mol. The lowest BCUT2D eigenvalue weighted by molar-refractivity contribution is -0.114. The number of fused-ring (bicyclic) bond motifs is 3. The number of hydrogen-bond acceptors (Lipinski definition) is 2. The molecule has 122 valence electrons. The number of benzene rings is 2. The van der Waals surface area contributed by atoms with Gasteiger partial charge in [0.15, 0.2) is 0 Å². The van der Waals surface area contributed by atoms with Gasteiger partial charge in [-0.05, 0) is 42.2 Å². The van der Waals surface area contributed by atoms with Crippen LogP contribution in [0.1, 0.15) is 36.4 Å². The van der Waals surface area contributed by atoms with E-state index in [9.17, 15) is 9.18 Å². The zero-order chi connectivity index (χ0) is 16.7. The van der Waals surface area contributed by atoms with E-state index in [-0.39, 0.29) is 29.6 Å². The average molecular weight is 322 g/mol. The molecule has 2 N–H and O–H groups in total. The summed E-state index contributed by atoms with van der Waals surface area (Å²) in [5.74, 6) is 0.266. The van der Waals surface area contributed by atoms with Crippen molar-refractivity contribution < 1.29 is 9.18 Å². The van der Waals surface area contributed by atoms with Crippen LogP contribution in [0.3, 0.4) is 0 Å². The maximum atomic E-state index is 14.3. The molecule has 0 saturated carbocycles. The summed E-state index contributed by atoms with van der Waals surface area (Å²) in [6.07, 6.45) is 5.29. The van der Waals surface area contributed by atoms with Crippen LogP contribution in [0.4, 0.5) is 15.8 Å². The quantitative estimate of drug-likeness (QED) is 0.793. The van der Waals surface area contributed by atoms with Gasteiger partial charge in [0.25, 0.3) is 0 Å². The van der Waals surface area contributed by atoms with Crippen molar-refractivity contribution in [3.8, 4) is 0 Å². The van der Waals surface area contributed by atoms with Gasteiger partial charge in [-0.1, -0.05) is 30.4 Å². The molecule has 0 saturated heterocycles. The third kappa shape index (κ3) is 2.48. The molecular formula is C20H19FN2O. The molecule has 0 aromatic heterocycles. The topological polar surface area (TPSA) is 41.1 Å². The average Bonchev–Trinajstić information content (AvgIpc) is 3.04. The van der Waals surface area contributed by atoms with Crippen molar-refractivity contribution >= 4 is 17.3 Å². The Morgan fingerprint density at radius 2 is 2.04 bits per heavy atom. The van der Waals surface area contributed by atoms with Gasteiger partial charge >= 0.3 is 0 Å². The normalized spacial score (nSPS) is 24.0. The van der Waals surface area contributed by atoms with Crippen LogP contribution in [0.15, 0.2) is 54.6 Å². The summed E-state index contributed by atoms with van der Waals surface area (Å²) in [7, 11) is 0. The van der Waals surface area contributed by atoms with Crippen molar-refractivity contribution in [3.63, 3.8) is 0 Å². The Balaban J connectivity index is 1.75. The van der Waals surface area contributed by atoms with Crippen LogP contribution in [-0.2, 0) is 4.79 Å². The van der Waals surface area contributed by atoms with Crippen molar-refractivity contribution in [1.82, 2.24) is 0 Å². The van der Waals surface area contributed by atoms with Crippen LogP contribution < -0.4 is 10.6 Å². The van der Waals surface area contributed by atoms with E-state index in [0.717, 1.165) is 23.4 Å². The number of hydrogen-bond donors (Lipinski definition) is 2. The number of carbonyl (C=O) groups excluding carboxylic acids is 1. The minimum absolute atomic E-state index is 0.0506. The fraction of sp³-hybridized carbons (Fsp3) is 0.250. The Labute approximate surface area is 140 Å². The highest BCUT2D eigenvalue weighted by Crippen LogP contribution is 2.50. The Morgan fingerprint density at radius 1 is 1.21 bits per heavy atom. The van der Waals surface area contributed by atoms with Crippen LogP contribution in [0, 0.1) is 11.7 Å². The molecule has 2 aliphatic rings. The molecule has 0 unspecified atom stereocenters. The molecular weight excluding hydrogens is 303 g/mol. The first-order chi connectivity index (χ1) is 11.6. The Hall–Kier alpha value is -2.62. The smallest absolute Gasteiger partial charge is 0.221 e. The Morgan fingerprint density at radius 3 is 2.83 bits per heavy atom. The van der Waals surface area contributed by atoms with Gasteiger partial charge in [-0.3, -0.25) is 4.79 Å². The van der Waals surface area contributed by atoms with Gasteiger partial charge in [0.1, 0.15) is 5.82 Å². The Bertz CT molecular complexity index is 830. The third-order valence-corrected chi connectivity index (χ3v) is 4.92. The highest BCUT2D eigenvalue weighted by molar-refractivity contribution is 5.89. The maximum Gasteiger partial charge on any atom is 0.221 e. The molecule has 0 fully saturated rings. The second kappa shape index (κ2) is 5.78. The van der Waals surface area contributed by atoms with Gasteiger partial charge in [-0.25, -0.2) is 4.39 Å². The number of anilines is 2. The summed E-state index contributed by atoms with van der Waals surface area (Å²) in [6, 6.07) is 12.8. The van der Waals surface area contributed by atoms with Gasteiger partial charge in [-0.2, -0.15) is 0 Å². The van der Waals surface area contributed by atoms with Crippen LogP contribution in [0.2, 0.25) is 0 Å². The lowest BCUT2D eigenvalue weighted by Crippen LogP contribution is -2.29. The van der Waals surface area contributed by atoms with E-state index >= 15 is 0 Å².